The Bertz CT molecular complexity index is 449. The SMILES string of the molecule is Cc1cc(SOC(=O)N(C)C)c(C=O)cc1Cl. The molecule has 0 saturated carbocycles. The van der Waals surface area contributed by atoms with E-state index < -0.39 is 6.09 Å². The van der Waals surface area contributed by atoms with Crippen molar-refractivity contribution in [2.24, 2.45) is 0 Å². The highest BCUT2D eigenvalue weighted by atomic mass is 35.5. The summed E-state index contributed by atoms with van der Waals surface area (Å²) in [5, 5.41) is 0.510. The summed E-state index contributed by atoms with van der Waals surface area (Å²) >= 11 is 6.74. The van der Waals surface area contributed by atoms with Crippen molar-refractivity contribution in [1.29, 1.82) is 0 Å². The average Bonchev–Trinajstić information content (AvgIpc) is 2.29. The van der Waals surface area contributed by atoms with Crippen molar-refractivity contribution in [1.82, 2.24) is 4.90 Å². The van der Waals surface area contributed by atoms with Gasteiger partial charge in [-0.15, -0.1) is 0 Å². The number of hydrogen-bond donors (Lipinski definition) is 0. The van der Waals surface area contributed by atoms with Gasteiger partial charge in [0.05, 0.1) is 16.9 Å². The third-order valence-electron chi connectivity index (χ3n) is 1.99. The smallest absolute Gasteiger partial charge is 0.370 e. The zero-order chi connectivity index (χ0) is 13.0. The van der Waals surface area contributed by atoms with Crippen molar-refractivity contribution in [3.8, 4) is 0 Å². The van der Waals surface area contributed by atoms with Crippen LogP contribution < -0.4 is 0 Å². The second-order valence-electron chi connectivity index (χ2n) is 3.58. The third-order valence-corrected chi connectivity index (χ3v) is 3.15. The van der Waals surface area contributed by atoms with E-state index in [2.05, 4.69) is 0 Å². The number of rotatable bonds is 3. The summed E-state index contributed by atoms with van der Waals surface area (Å²) in [6, 6.07) is 3.26. The quantitative estimate of drug-likeness (QED) is 0.627. The molecule has 0 aliphatic rings. The van der Waals surface area contributed by atoms with Crippen molar-refractivity contribution >= 4 is 36.0 Å². The molecule has 0 radical (unpaired) electrons. The molecule has 0 unspecified atom stereocenters. The Hall–Kier alpha value is -1.20. The summed E-state index contributed by atoms with van der Waals surface area (Å²) in [6.07, 6.45) is 0.191. The summed E-state index contributed by atoms with van der Waals surface area (Å²) in [6.45, 7) is 1.81. The monoisotopic (exact) mass is 273 g/mol. The molecule has 1 aromatic carbocycles. The van der Waals surface area contributed by atoms with E-state index >= 15 is 0 Å². The van der Waals surface area contributed by atoms with Gasteiger partial charge < -0.3 is 9.08 Å². The van der Waals surface area contributed by atoms with Crippen molar-refractivity contribution in [2.45, 2.75) is 11.8 Å². The molecule has 6 heteroatoms. The molecule has 0 spiro atoms. The molecule has 0 atom stereocenters. The molecule has 0 aliphatic carbocycles. The molecule has 92 valence electrons. The third kappa shape index (κ3) is 3.64. The number of carbonyl (C=O) groups is 2. The second kappa shape index (κ2) is 5.93. The second-order valence-corrected chi connectivity index (χ2v) is 4.76. The van der Waals surface area contributed by atoms with Gasteiger partial charge in [-0.25, -0.2) is 4.79 Å². The summed E-state index contributed by atoms with van der Waals surface area (Å²) in [5.74, 6) is 0. The Balaban J connectivity index is 2.87. The molecular weight excluding hydrogens is 262 g/mol. The lowest BCUT2D eigenvalue weighted by Gasteiger charge is -2.10. The first-order chi connectivity index (χ1) is 7.95. The molecule has 1 aromatic rings. The minimum absolute atomic E-state index is 0.400. The minimum Gasteiger partial charge on any atom is -0.370 e. The largest absolute Gasteiger partial charge is 0.421 e. The fourth-order valence-electron chi connectivity index (χ4n) is 0.990. The maximum absolute atomic E-state index is 11.2. The molecule has 0 aromatic heterocycles. The molecule has 17 heavy (non-hydrogen) atoms. The number of nitrogens with zero attached hydrogens (tertiary/aromatic N) is 1. The van der Waals surface area contributed by atoms with Crippen LogP contribution in [0.2, 0.25) is 5.02 Å². The van der Waals surface area contributed by atoms with E-state index in [1.54, 1.807) is 26.2 Å². The highest BCUT2D eigenvalue weighted by molar-refractivity contribution is 7.95. The van der Waals surface area contributed by atoms with E-state index in [4.69, 9.17) is 15.8 Å². The molecular formula is C11H12ClNO3S. The molecule has 0 bridgehead atoms. The first-order valence-electron chi connectivity index (χ1n) is 4.77. The van der Waals surface area contributed by atoms with Crippen LogP contribution in [0.1, 0.15) is 15.9 Å². The Kier molecular flexibility index (Phi) is 4.84. The van der Waals surface area contributed by atoms with E-state index in [1.807, 2.05) is 6.92 Å². The van der Waals surface area contributed by atoms with Crippen LogP contribution in [-0.4, -0.2) is 31.4 Å². The van der Waals surface area contributed by atoms with Crippen LogP contribution in [0.25, 0.3) is 0 Å². The van der Waals surface area contributed by atoms with Crippen LogP contribution in [0.4, 0.5) is 4.79 Å². The molecule has 0 heterocycles. The molecule has 0 saturated heterocycles. The van der Waals surface area contributed by atoms with Gasteiger partial charge in [0.2, 0.25) is 0 Å². The first-order valence-corrected chi connectivity index (χ1v) is 5.88. The van der Waals surface area contributed by atoms with Crippen molar-refractivity contribution in [2.75, 3.05) is 14.1 Å². The highest BCUT2D eigenvalue weighted by Gasteiger charge is 2.11. The Morgan fingerprint density at radius 1 is 1.47 bits per heavy atom. The Labute approximate surface area is 109 Å². The Morgan fingerprint density at radius 2 is 2.12 bits per heavy atom. The Morgan fingerprint density at radius 3 is 2.65 bits per heavy atom. The van der Waals surface area contributed by atoms with Gasteiger partial charge in [-0.3, -0.25) is 4.79 Å². The average molecular weight is 274 g/mol. The van der Waals surface area contributed by atoms with E-state index in [-0.39, 0.29) is 0 Å². The van der Waals surface area contributed by atoms with Crippen molar-refractivity contribution < 1.29 is 13.8 Å². The lowest BCUT2D eigenvalue weighted by molar-refractivity contribution is 0.112. The lowest BCUT2D eigenvalue weighted by atomic mass is 10.2. The van der Waals surface area contributed by atoms with Crippen LogP contribution in [-0.2, 0) is 4.18 Å². The number of amides is 1. The van der Waals surface area contributed by atoms with E-state index in [0.717, 1.165) is 17.6 Å². The highest BCUT2D eigenvalue weighted by Crippen LogP contribution is 2.28. The molecule has 0 N–H and O–H groups in total. The van der Waals surface area contributed by atoms with Crippen LogP contribution in [0.5, 0.6) is 0 Å². The minimum atomic E-state index is -0.487. The predicted molar refractivity (Wildman–Crippen MR) is 67.6 cm³/mol. The number of aryl methyl sites for hydroxylation is 1. The number of benzene rings is 1. The number of aldehydes is 1. The van der Waals surface area contributed by atoms with Gasteiger partial charge in [0, 0.05) is 24.7 Å². The van der Waals surface area contributed by atoms with Crippen LogP contribution in [0.15, 0.2) is 17.0 Å². The fraction of sp³-hybridized carbons (Fsp3) is 0.273. The van der Waals surface area contributed by atoms with Crippen LogP contribution in [0.3, 0.4) is 0 Å². The van der Waals surface area contributed by atoms with E-state index in [9.17, 15) is 9.59 Å². The normalized spacial score (nSPS) is 9.88. The zero-order valence-electron chi connectivity index (χ0n) is 9.69. The van der Waals surface area contributed by atoms with Gasteiger partial charge in [0.1, 0.15) is 0 Å². The lowest BCUT2D eigenvalue weighted by Crippen LogP contribution is -2.20. The van der Waals surface area contributed by atoms with Gasteiger partial charge in [-0.1, -0.05) is 11.6 Å². The maximum Gasteiger partial charge on any atom is 0.421 e. The molecule has 1 rings (SSSR count). The molecule has 0 fully saturated rings. The zero-order valence-corrected chi connectivity index (χ0v) is 11.3. The van der Waals surface area contributed by atoms with Gasteiger partial charge in [-0.2, -0.15) is 0 Å². The van der Waals surface area contributed by atoms with Crippen LogP contribution >= 0.6 is 23.6 Å². The number of halogens is 1. The summed E-state index contributed by atoms with van der Waals surface area (Å²) < 4.78 is 4.93. The number of carbonyl (C=O) groups excluding carboxylic acids is 2. The van der Waals surface area contributed by atoms with Crippen LogP contribution in [0, 0.1) is 6.92 Å². The van der Waals surface area contributed by atoms with Gasteiger partial charge in [0.25, 0.3) is 0 Å². The molecule has 1 amide bonds. The van der Waals surface area contributed by atoms with E-state index in [1.165, 1.54) is 4.90 Å². The topological polar surface area (TPSA) is 46.6 Å². The van der Waals surface area contributed by atoms with Gasteiger partial charge in [-0.05, 0) is 24.6 Å². The van der Waals surface area contributed by atoms with Gasteiger partial charge in [0.15, 0.2) is 6.29 Å². The summed E-state index contributed by atoms with van der Waals surface area (Å²) in [5.41, 5.74) is 1.22. The fourth-order valence-corrected chi connectivity index (χ4v) is 1.90. The van der Waals surface area contributed by atoms with E-state index in [0.29, 0.717) is 21.8 Å². The predicted octanol–water partition coefficient (Wildman–Crippen LogP) is 3.17. The van der Waals surface area contributed by atoms with Crippen molar-refractivity contribution in [3.05, 3.63) is 28.3 Å². The summed E-state index contributed by atoms with van der Waals surface area (Å²) in [4.78, 5) is 24.0. The molecule has 0 aliphatic heterocycles. The number of hydrogen-bond acceptors (Lipinski definition) is 4. The first kappa shape index (κ1) is 13.9. The maximum atomic E-state index is 11.2. The van der Waals surface area contributed by atoms with Gasteiger partial charge >= 0.3 is 6.09 Å². The molecule has 4 nitrogen and oxygen atoms in total. The van der Waals surface area contributed by atoms with Crippen molar-refractivity contribution in [3.63, 3.8) is 0 Å². The summed E-state index contributed by atoms with van der Waals surface area (Å²) in [7, 11) is 3.16. The standard InChI is InChI=1S/C11H12ClNO3S/c1-7-4-10(8(6-14)5-9(7)12)17-16-11(15)13(2)3/h4-6H,1-3H3.